The molecule has 0 aliphatic heterocycles. The second-order valence-electron chi connectivity index (χ2n) is 4.35. The number of rotatable bonds is 4. The lowest BCUT2D eigenvalue weighted by molar-refractivity contribution is 0.0677. The Balaban J connectivity index is 2.20. The fourth-order valence-corrected chi connectivity index (χ4v) is 2.39. The number of hydrogen-bond acceptors (Lipinski definition) is 4. The molecule has 1 aromatic carbocycles. The Bertz CT molecular complexity index is 554. The molecule has 0 aliphatic rings. The molecule has 1 heterocycles. The van der Waals surface area contributed by atoms with E-state index in [4.69, 9.17) is 5.11 Å². The Morgan fingerprint density at radius 3 is 2.74 bits per heavy atom. The smallest absolute Gasteiger partial charge is 0.273 e. The number of thiazole rings is 1. The van der Waals surface area contributed by atoms with Gasteiger partial charge >= 0.3 is 0 Å². The van der Waals surface area contributed by atoms with Crippen LogP contribution in [-0.4, -0.2) is 40.6 Å². The molecule has 1 N–H and O–H groups in total. The molecule has 0 spiro atoms. The lowest BCUT2D eigenvalue weighted by Crippen LogP contribution is -2.37. The fraction of sp³-hybridized carbons (Fsp3) is 0.286. The fourth-order valence-electron chi connectivity index (χ4n) is 1.59. The van der Waals surface area contributed by atoms with Crippen molar-refractivity contribution in [2.24, 2.45) is 0 Å². The molecular formula is C14H16N2O2S. The van der Waals surface area contributed by atoms with Gasteiger partial charge in [0.1, 0.15) is 10.7 Å². The van der Waals surface area contributed by atoms with E-state index in [0.717, 1.165) is 10.6 Å². The highest BCUT2D eigenvalue weighted by Gasteiger charge is 2.19. The quantitative estimate of drug-likeness (QED) is 0.932. The second kappa shape index (κ2) is 5.95. The van der Waals surface area contributed by atoms with E-state index < -0.39 is 0 Å². The van der Waals surface area contributed by atoms with Crippen LogP contribution < -0.4 is 0 Å². The van der Waals surface area contributed by atoms with E-state index in [-0.39, 0.29) is 18.6 Å². The predicted octanol–water partition coefficient (Wildman–Crippen LogP) is 2.26. The van der Waals surface area contributed by atoms with E-state index in [2.05, 4.69) is 4.98 Å². The normalized spacial score (nSPS) is 12.2. The molecule has 1 atom stereocenters. The molecule has 1 amide bonds. The number of aliphatic hydroxyl groups excluding tert-OH is 1. The molecule has 1 aromatic heterocycles. The molecule has 0 saturated carbocycles. The molecule has 0 saturated heterocycles. The monoisotopic (exact) mass is 276 g/mol. The van der Waals surface area contributed by atoms with E-state index in [1.54, 1.807) is 19.4 Å². The first-order valence-electron chi connectivity index (χ1n) is 6.02. The summed E-state index contributed by atoms with van der Waals surface area (Å²) >= 11 is 1.45. The van der Waals surface area contributed by atoms with Gasteiger partial charge in [-0.15, -0.1) is 11.3 Å². The SMILES string of the molecule is C[C@@H](CO)N(C)C(=O)c1csc(-c2ccccc2)n1. The van der Waals surface area contributed by atoms with Gasteiger partial charge < -0.3 is 10.0 Å². The van der Waals surface area contributed by atoms with Crippen molar-refractivity contribution in [3.05, 3.63) is 41.4 Å². The predicted molar refractivity (Wildman–Crippen MR) is 76.2 cm³/mol. The van der Waals surface area contributed by atoms with Gasteiger partial charge in [0.15, 0.2) is 0 Å². The van der Waals surface area contributed by atoms with Crippen LogP contribution in [0.15, 0.2) is 35.7 Å². The first kappa shape index (κ1) is 13.7. The Morgan fingerprint density at radius 1 is 1.42 bits per heavy atom. The molecular weight excluding hydrogens is 260 g/mol. The van der Waals surface area contributed by atoms with E-state index in [1.165, 1.54) is 16.2 Å². The van der Waals surface area contributed by atoms with Crippen molar-refractivity contribution in [1.29, 1.82) is 0 Å². The Morgan fingerprint density at radius 2 is 2.11 bits per heavy atom. The number of amides is 1. The van der Waals surface area contributed by atoms with Crippen LogP contribution in [0.3, 0.4) is 0 Å². The first-order valence-corrected chi connectivity index (χ1v) is 6.90. The Hall–Kier alpha value is -1.72. The summed E-state index contributed by atoms with van der Waals surface area (Å²) in [5, 5.41) is 11.7. The zero-order valence-electron chi connectivity index (χ0n) is 10.9. The number of carbonyl (C=O) groups is 1. The van der Waals surface area contributed by atoms with Gasteiger partial charge in [-0.05, 0) is 6.92 Å². The Labute approximate surface area is 116 Å². The molecule has 100 valence electrons. The summed E-state index contributed by atoms with van der Waals surface area (Å²) in [5.41, 5.74) is 1.43. The minimum Gasteiger partial charge on any atom is -0.394 e. The average molecular weight is 276 g/mol. The minimum absolute atomic E-state index is 0.0576. The number of carbonyl (C=O) groups excluding carboxylic acids is 1. The maximum Gasteiger partial charge on any atom is 0.273 e. The summed E-state index contributed by atoms with van der Waals surface area (Å²) < 4.78 is 0. The van der Waals surface area contributed by atoms with Gasteiger partial charge in [-0.1, -0.05) is 30.3 Å². The highest BCUT2D eigenvalue weighted by Crippen LogP contribution is 2.23. The van der Waals surface area contributed by atoms with Crippen LogP contribution in [-0.2, 0) is 0 Å². The highest BCUT2D eigenvalue weighted by molar-refractivity contribution is 7.13. The van der Waals surface area contributed by atoms with Crippen LogP contribution in [0.4, 0.5) is 0 Å². The van der Waals surface area contributed by atoms with Crippen LogP contribution in [0.25, 0.3) is 10.6 Å². The average Bonchev–Trinajstić information content (AvgIpc) is 2.95. The summed E-state index contributed by atoms with van der Waals surface area (Å²) in [6.07, 6.45) is 0. The molecule has 2 aromatic rings. The molecule has 0 fully saturated rings. The summed E-state index contributed by atoms with van der Waals surface area (Å²) in [5.74, 6) is -0.167. The van der Waals surface area contributed by atoms with Crippen molar-refractivity contribution >= 4 is 17.2 Å². The van der Waals surface area contributed by atoms with Crippen LogP contribution in [0.5, 0.6) is 0 Å². The zero-order chi connectivity index (χ0) is 13.8. The maximum absolute atomic E-state index is 12.1. The van der Waals surface area contributed by atoms with Gasteiger partial charge in [-0.25, -0.2) is 4.98 Å². The summed E-state index contributed by atoms with van der Waals surface area (Å²) in [4.78, 5) is 18.0. The van der Waals surface area contributed by atoms with Crippen molar-refractivity contribution in [3.63, 3.8) is 0 Å². The third-order valence-electron chi connectivity index (χ3n) is 2.99. The number of nitrogens with zero attached hydrogens (tertiary/aromatic N) is 2. The number of aliphatic hydroxyl groups is 1. The second-order valence-corrected chi connectivity index (χ2v) is 5.21. The third kappa shape index (κ3) is 3.00. The molecule has 19 heavy (non-hydrogen) atoms. The van der Waals surface area contributed by atoms with Crippen molar-refractivity contribution in [3.8, 4) is 10.6 Å². The number of hydrogen-bond donors (Lipinski definition) is 1. The first-order chi connectivity index (χ1) is 9.13. The van der Waals surface area contributed by atoms with Crippen LogP contribution in [0.1, 0.15) is 17.4 Å². The molecule has 0 aliphatic carbocycles. The molecule has 2 rings (SSSR count). The standard InChI is InChI=1S/C14H16N2O2S/c1-10(8-17)16(2)14(18)12-9-19-13(15-12)11-6-4-3-5-7-11/h3-7,9-10,17H,8H2,1-2H3/t10-/m0/s1. The largest absolute Gasteiger partial charge is 0.394 e. The van der Waals surface area contributed by atoms with E-state index in [1.807, 2.05) is 30.3 Å². The lowest BCUT2D eigenvalue weighted by atomic mass is 10.2. The number of likely N-dealkylation sites (N-methyl/N-ethyl adjacent to an activating group) is 1. The summed E-state index contributed by atoms with van der Waals surface area (Å²) in [6.45, 7) is 1.74. The van der Waals surface area contributed by atoms with Crippen LogP contribution in [0.2, 0.25) is 0 Å². The van der Waals surface area contributed by atoms with Gasteiger partial charge in [-0.2, -0.15) is 0 Å². The van der Waals surface area contributed by atoms with Crippen molar-refractivity contribution < 1.29 is 9.90 Å². The van der Waals surface area contributed by atoms with Gasteiger partial charge in [0.25, 0.3) is 5.91 Å². The number of aromatic nitrogens is 1. The third-order valence-corrected chi connectivity index (χ3v) is 3.88. The van der Waals surface area contributed by atoms with Crippen LogP contribution in [0, 0.1) is 0 Å². The molecule has 0 bridgehead atoms. The van der Waals surface area contributed by atoms with E-state index >= 15 is 0 Å². The molecule has 5 heteroatoms. The summed E-state index contributed by atoms with van der Waals surface area (Å²) in [7, 11) is 1.67. The zero-order valence-corrected chi connectivity index (χ0v) is 11.7. The maximum atomic E-state index is 12.1. The minimum atomic E-state index is -0.214. The van der Waals surface area contributed by atoms with Gasteiger partial charge in [-0.3, -0.25) is 4.79 Å². The molecule has 0 unspecified atom stereocenters. The van der Waals surface area contributed by atoms with E-state index in [9.17, 15) is 4.79 Å². The van der Waals surface area contributed by atoms with Crippen molar-refractivity contribution in [2.75, 3.05) is 13.7 Å². The number of benzene rings is 1. The Kier molecular flexibility index (Phi) is 4.29. The van der Waals surface area contributed by atoms with Gasteiger partial charge in [0, 0.05) is 18.0 Å². The molecule has 4 nitrogen and oxygen atoms in total. The van der Waals surface area contributed by atoms with Gasteiger partial charge in [0.05, 0.1) is 12.6 Å². The lowest BCUT2D eigenvalue weighted by Gasteiger charge is -2.21. The van der Waals surface area contributed by atoms with Crippen LogP contribution >= 0.6 is 11.3 Å². The summed E-state index contributed by atoms with van der Waals surface area (Å²) in [6, 6.07) is 9.55. The van der Waals surface area contributed by atoms with E-state index in [0.29, 0.717) is 5.69 Å². The molecule has 0 radical (unpaired) electrons. The van der Waals surface area contributed by atoms with Crippen molar-refractivity contribution in [2.45, 2.75) is 13.0 Å². The topological polar surface area (TPSA) is 53.4 Å². The highest BCUT2D eigenvalue weighted by atomic mass is 32.1. The van der Waals surface area contributed by atoms with Crippen molar-refractivity contribution in [1.82, 2.24) is 9.88 Å². The van der Waals surface area contributed by atoms with Gasteiger partial charge in [0.2, 0.25) is 0 Å².